The highest BCUT2D eigenvalue weighted by Crippen LogP contribution is 2.37. The standard InChI is InChI=1S/C18H31N5O.HI/c1-3-19-17(20-15-18(2)7-4-5-8-18)23-11-9-22(10-12-23)14-16-6-13-24-21-16;/h6,13H,3-5,7-12,14-15H2,1-2H3,(H,19,20);1H. The van der Waals surface area contributed by atoms with Gasteiger partial charge in [0.1, 0.15) is 6.26 Å². The van der Waals surface area contributed by atoms with Gasteiger partial charge >= 0.3 is 0 Å². The second kappa shape index (κ2) is 9.75. The van der Waals surface area contributed by atoms with E-state index in [1.807, 2.05) is 6.07 Å². The van der Waals surface area contributed by atoms with Crippen molar-refractivity contribution in [1.29, 1.82) is 0 Å². The fraction of sp³-hybridized carbons (Fsp3) is 0.778. The summed E-state index contributed by atoms with van der Waals surface area (Å²) in [5.41, 5.74) is 1.42. The fourth-order valence-electron chi connectivity index (χ4n) is 3.74. The molecule has 3 rings (SSSR count). The Morgan fingerprint density at radius 1 is 1.28 bits per heavy atom. The molecule has 1 N–H and O–H groups in total. The maximum Gasteiger partial charge on any atom is 0.194 e. The topological polar surface area (TPSA) is 56.9 Å². The van der Waals surface area contributed by atoms with Crippen molar-refractivity contribution in [2.75, 3.05) is 39.3 Å². The number of aromatic nitrogens is 1. The Bertz CT molecular complexity index is 520. The van der Waals surface area contributed by atoms with Crippen LogP contribution in [0.25, 0.3) is 0 Å². The number of piperazine rings is 1. The van der Waals surface area contributed by atoms with Gasteiger partial charge in [0.25, 0.3) is 0 Å². The molecule has 0 unspecified atom stereocenters. The van der Waals surface area contributed by atoms with E-state index in [9.17, 15) is 0 Å². The first-order chi connectivity index (χ1) is 11.7. The predicted molar refractivity (Wildman–Crippen MR) is 111 cm³/mol. The Labute approximate surface area is 168 Å². The minimum atomic E-state index is 0. The Kier molecular flexibility index (Phi) is 7.99. The molecule has 1 aliphatic heterocycles. The molecule has 1 aromatic rings. The Morgan fingerprint density at radius 2 is 2.00 bits per heavy atom. The smallest absolute Gasteiger partial charge is 0.194 e. The van der Waals surface area contributed by atoms with Crippen LogP contribution in [0.15, 0.2) is 21.8 Å². The molecule has 2 aliphatic rings. The number of nitrogens with one attached hydrogen (secondary N) is 1. The Morgan fingerprint density at radius 3 is 2.60 bits per heavy atom. The summed E-state index contributed by atoms with van der Waals surface area (Å²) in [5.74, 6) is 1.09. The second-order valence-corrected chi connectivity index (χ2v) is 7.44. The fourth-order valence-corrected chi connectivity index (χ4v) is 3.74. The van der Waals surface area contributed by atoms with Crippen molar-refractivity contribution in [3.05, 3.63) is 18.0 Å². The number of nitrogens with zero attached hydrogens (tertiary/aromatic N) is 4. The number of hydrogen-bond acceptors (Lipinski definition) is 4. The quantitative estimate of drug-likeness (QED) is 0.415. The maximum atomic E-state index is 4.98. The van der Waals surface area contributed by atoms with Gasteiger partial charge in [-0.25, -0.2) is 0 Å². The van der Waals surface area contributed by atoms with Gasteiger partial charge in [0.2, 0.25) is 0 Å². The SMILES string of the molecule is CCNC(=NCC1(C)CCCC1)N1CCN(Cc2ccon2)CC1.I. The number of guanidine groups is 1. The third-order valence-corrected chi connectivity index (χ3v) is 5.30. The van der Waals surface area contributed by atoms with E-state index in [1.54, 1.807) is 6.26 Å². The van der Waals surface area contributed by atoms with E-state index in [0.29, 0.717) is 5.41 Å². The maximum absolute atomic E-state index is 4.98. The molecule has 7 heteroatoms. The molecule has 0 bridgehead atoms. The van der Waals surface area contributed by atoms with Gasteiger partial charge in [-0.3, -0.25) is 9.89 Å². The number of halogens is 1. The molecule has 1 aromatic heterocycles. The number of hydrogen-bond donors (Lipinski definition) is 1. The van der Waals surface area contributed by atoms with Gasteiger partial charge in [-0.05, 0) is 25.2 Å². The van der Waals surface area contributed by atoms with Gasteiger partial charge in [-0.1, -0.05) is 24.9 Å². The molecular formula is C18H32IN5O. The zero-order chi connectivity index (χ0) is 16.8. The van der Waals surface area contributed by atoms with E-state index in [-0.39, 0.29) is 24.0 Å². The van der Waals surface area contributed by atoms with E-state index < -0.39 is 0 Å². The van der Waals surface area contributed by atoms with E-state index in [4.69, 9.17) is 9.52 Å². The van der Waals surface area contributed by atoms with Crippen molar-refractivity contribution in [3.8, 4) is 0 Å². The normalized spacial score (nSPS) is 21.2. The number of aliphatic imine (C=N–C) groups is 1. The van der Waals surface area contributed by atoms with Gasteiger partial charge in [0, 0.05) is 51.9 Å². The van der Waals surface area contributed by atoms with Crippen LogP contribution in [0.5, 0.6) is 0 Å². The first-order valence-electron chi connectivity index (χ1n) is 9.33. The summed E-state index contributed by atoms with van der Waals surface area (Å²) in [7, 11) is 0. The van der Waals surface area contributed by atoms with Crippen LogP contribution in [0.4, 0.5) is 0 Å². The van der Waals surface area contributed by atoms with Gasteiger partial charge < -0.3 is 14.7 Å². The van der Waals surface area contributed by atoms with Crippen molar-refractivity contribution in [1.82, 2.24) is 20.3 Å². The summed E-state index contributed by atoms with van der Waals surface area (Å²) in [6.07, 6.45) is 7.01. The average Bonchev–Trinajstić information content (AvgIpc) is 3.25. The lowest BCUT2D eigenvalue weighted by Crippen LogP contribution is -2.52. The highest BCUT2D eigenvalue weighted by atomic mass is 127. The van der Waals surface area contributed by atoms with Crippen molar-refractivity contribution in [3.63, 3.8) is 0 Å². The second-order valence-electron chi connectivity index (χ2n) is 7.44. The molecule has 2 heterocycles. The molecule has 1 saturated heterocycles. The largest absolute Gasteiger partial charge is 0.364 e. The summed E-state index contributed by atoms with van der Waals surface area (Å²) in [4.78, 5) is 9.81. The molecule has 0 spiro atoms. The van der Waals surface area contributed by atoms with Crippen molar-refractivity contribution in [2.45, 2.75) is 46.1 Å². The van der Waals surface area contributed by atoms with Crippen LogP contribution < -0.4 is 5.32 Å². The third kappa shape index (κ3) is 5.84. The summed E-state index contributed by atoms with van der Waals surface area (Å²) >= 11 is 0. The monoisotopic (exact) mass is 461 g/mol. The van der Waals surface area contributed by atoms with Crippen LogP contribution in [0, 0.1) is 5.41 Å². The van der Waals surface area contributed by atoms with Gasteiger partial charge in [0.05, 0.1) is 5.69 Å². The van der Waals surface area contributed by atoms with E-state index >= 15 is 0 Å². The Hall–Kier alpha value is -0.830. The first kappa shape index (κ1) is 20.5. The minimum Gasteiger partial charge on any atom is -0.364 e. The molecule has 0 radical (unpaired) electrons. The van der Waals surface area contributed by atoms with Gasteiger partial charge in [-0.2, -0.15) is 0 Å². The van der Waals surface area contributed by atoms with Crippen LogP contribution in [0.2, 0.25) is 0 Å². The molecular weight excluding hydrogens is 429 g/mol. The van der Waals surface area contributed by atoms with E-state index in [2.05, 4.69) is 34.1 Å². The van der Waals surface area contributed by atoms with Gasteiger partial charge in [-0.15, -0.1) is 24.0 Å². The van der Waals surface area contributed by atoms with Crippen molar-refractivity contribution >= 4 is 29.9 Å². The van der Waals surface area contributed by atoms with Crippen molar-refractivity contribution < 1.29 is 4.52 Å². The lowest BCUT2D eigenvalue weighted by Gasteiger charge is -2.36. The van der Waals surface area contributed by atoms with Crippen LogP contribution in [0.3, 0.4) is 0 Å². The Balaban J connectivity index is 0.00000225. The summed E-state index contributed by atoms with van der Waals surface area (Å²) in [6, 6.07) is 1.94. The predicted octanol–water partition coefficient (Wildman–Crippen LogP) is 2.96. The molecule has 0 aromatic carbocycles. The van der Waals surface area contributed by atoms with Crippen molar-refractivity contribution in [2.24, 2.45) is 10.4 Å². The highest BCUT2D eigenvalue weighted by molar-refractivity contribution is 14.0. The number of rotatable bonds is 5. The zero-order valence-corrected chi connectivity index (χ0v) is 17.9. The lowest BCUT2D eigenvalue weighted by molar-refractivity contribution is 0.168. The molecule has 2 fully saturated rings. The molecule has 0 atom stereocenters. The first-order valence-corrected chi connectivity index (χ1v) is 9.33. The highest BCUT2D eigenvalue weighted by Gasteiger charge is 2.29. The lowest BCUT2D eigenvalue weighted by atomic mass is 9.89. The van der Waals surface area contributed by atoms with E-state index in [0.717, 1.165) is 57.5 Å². The van der Waals surface area contributed by atoms with Crippen LogP contribution in [-0.2, 0) is 6.54 Å². The van der Waals surface area contributed by atoms with E-state index in [1.165, 1.54) is 25.7 Å². The van der Waals surface area contributed by atoms with Crippen LogP contribution >= 0.6 is 24.0 Å². The summed E-state index contributed by atoms with van der Waals surface area (Å²) in [6.45, 7) is 11.4. The molecule has 0 amide bonds. The van der Waals surface area contributed by atoms with Gasteiger partial charge in [0.15, 0.2) is 5.96 Å². The minimum absolute atomic E-state index is 0. The molecule has 6 nitrogen and oxygen atoms in total. The summed E-state index contributed by atoms with van der Waals surface area (Å²) in [5, 5.41) is 7.49. The third-order valence-electron chi connectivity index (χ3n) is 5.30. The molecule has 142 valence electrons. The molecule has 25 heavy (non-hydrogen) atoms. The zero-order valence-electron chi connectivity index (χ0n) is 15.5. The molecule has 1 aliphatic carbocycles. The summed E-state index contributed by atoms with van der Waals surface area (Å²) < 4.78 is 4.92. The molecule has 1 saturated carbocycles. The van der Waals surface area contributed by atoms with Crippen LogP contribution in [-0.4, -0.2) is 60.2 Å². The van der Waals surface area contributed by atoms with Crippen LogP contribution in [0.1, 0.15) is 45.2 Å². The average molecular weight is 461 g/mol.